The number of aryl methyl sites for hydroxylation is 1. The average molecular weight is 486 g/mol. The van der Waals surface area contributed by atoms with Crippen LogP contribution in [0.3, 0.4) is 0 Å². The summed E-state index contributed by atoms with van der Waals surface area (Å²) in [5.74, 6) is -0.916. The number of sulfonamides is 1. The van der Waals surface area contributed by atoms with Gasteiger partial charge in [0.15, 0.2) is 0 Å². The molecule has 1 aromatic carbocycles. The first-order valence-electron chi connectivity index (χ1n) is 11.3. The quantitative estimate of drug-likeness (QED) is 0.566. The lowest BCUT2D eigenvalue weighted by atomic mass is 9.78. The molecular formula is C26H32FN3O3S. The van der Waals surface area contributed by atoms with Crippen LogP contribution in [0.2, 0.25) is 0 Å². The van der Waals surface area contributed by atoms with Crippen molar-refractivity contribution in [2.45, 2.75) is 58.0 Å². The third-order valence-corrected chi connectivity index (χ3v) is 6.85. The zero-order valence-electron chi connectivity index (χ0n) is 20.1. The molecule has 0 saturated heterocycles. The van der Waals surface area contributed by atoms with E-state index in [-0.39, 0.29) is 23.8 Å². The fourth-order valence-electron chi connectivity index (χ4n) is 4.46. The second-order valence-electron chi connectivity index (χ2n) is 9.01. The van der Waals surface area contributed by atoms with E-state index in [0.717, 1.165) is 11.8 Å². The summed E-state index contributed by atoms with van der Waals surface area (Å²) in [6, 6.07) is 4.54. The van der Waals surface area contributed by atoms with Crippen molar-refractivity contribution in [3.8, 4) is 0 Å². The smallest absolute Gasteiger partial charge is 0.257 e. The second kappa shape index (κ2) is 10.6. The predicted molar refractivity (Wildman–Crippen MR) is 135 cm³/mol. The van der Waals surface area contributed by atoms with Crippen LogP contribution < -0.4 is 10.3 Å². The van der Waals surface area contributed by atoms with Gasteiger partial charge in [0.05, 0.1) is 18.3 Å². The van der Waals surface area contributed by atoms with Crippen LogP contribution in [0, 0.1) is 5.82 Å². The minimum absolute atomic E-state index is 0.106. The molecule has 6 nitrogen and oxygen atoms in total. The van der Waals surface area contributed by atoms with E-state index in [9.17, 15) is 13.2 Å². The number of nitrogens with one attached hydrogen (secondary N) is 1. The number of hydrogen-bond acceptors (Lipinski definition) is 4. The van der Waals surface area contributed by atoms with Crippen LogP contribution in [0.1, 0.15) is 61.5 Å². The maximum absolute atomic E-state index is 15.6. The highest BCUT2D eigenvalue weighted by Gasteiger charge is 2.35. The molecule has 34 heavy (non-hydrogen) atoms. The first kappa shape index (κ1) is 25.8. The number of aromatic nitrogens is 2. The Hall–Kier alpha value is -2.84. The summed E-state index contributed by atoms with van der Waals surface area (Å²) in [6.07, 6.45) is 10.8. The van der Waals surface area contributed by atoms with E-state index in [1.165, 1.54) is 0 Å². The topological polar surface area (TPSA) is 81.1 Å². The van der Waals surface area contributed by atoms with Gasteiger partial charge in [0, 0.05) is 29.1 Å². The zero-order chi connectivity index (χ0) is 25.0. The highest BCUT2D eigenvalue weighted by molar-refractivity contribution is 7.88. The van der Waals surface area contributed by atoms with Gasteiger partial charge in [0.25, 0.3) is 5.56 Å². The number of halogens is 1. The van der Waals surface area contributed by atoms with Crippen LogP contribution in [0.25, 0.3) is 5.57 Å². The van der Waals surface area contributed by atoms with E-state index in [4.69, 9.17) is 0 Å². The van der Waals surface area contributed by atoms with Crippen LogP contribution >= 0.6 is 0 Å². The zero-order valence-corrected chi connectivity index (χ0v) is 20.9. The van der Waals surface area contributed by atoms with Gasteiger partial charge >= 0.3 is 0 Å². The van der Waals surface area contributed by atoms with Gasteiger partial charge in [-0.2, -0.15) is 0 Å². The molecule has 1 heterocycles. The molecule has 3 rings (SSSR count). The van der Waals surface area contributed by atoms with Crippen molar-refractivity contribution in [2.24, 2.45) is 0 Å². The molecule has 0 bridgehead atoms. The van der Waals surface area contributed by atoms with Gasteiger partial charge in [-0.25, -0.2) is 22.5 Å². The Labute approximate surface area is 201 Å². The lowest BCUT2D eigenvalue weighted by Gasteiger charge is -2.33. The van der Waals surface area contributed by atoms with Crippen molar-refractivity contribution >= 4 is 15.6 Å². The normalized spacial score (nSPS) is 18.9. The van der Waals surface area contributed by atoms with Crippen molar-refractivity contribution in [1.29, 1.82) is 0 Å². The molecule has 182 valence electrons. The Morgan fingerprint density at radius 2 is 2.09 bits per heavy atom. The molecule has 1 aliphatic rings. The van der Waals surface area contributed by atoms with Gasteiger partial charge in [-0.15, -0.1) is 0 Å². The molecule has 0 amide bonds. The molecule has 2 atom stereocenters. The third-order valence-electron chi connectivity index (χ3n) is 6.12. The summed E-state index contributed by atoms with van der Waals surface area (Å²) < 4.78 is 44.0. The lowest BCUT2D eigenvalue weighted by molar-refractivity contribution is 0.409. The van der Waals surface area contributed by atoms with Crippen molar-refractivity contribution < 1.29 is 12.8 Å². The first-order chi connectivity index (χ1) is 16.0. The first-order valence-corrected chi connectivity index (χ1v) is 13.2. The number of rotatable bonds is 8. The Bertz CT molecular complexity index is 1290. The minimum atomic E-state index is -3.53. The van der Waals surface area contributed by atoms with Crippen molar-refractivity contribution in [1.82, 2.24) is 14.3 Å². The van der Waals surface area contributed by atoms with E-state index < -0.39 is 22.0 Å². The van der Waals surface area contributed by atoms with Crippen LogP contribution in [0.15, 0.2) is 60.2 Å². The Balaban J connectivity index is 2.11. The van der Waals surface area contributed by atoms with Gasteiger partial charge in [-0.1, -0.05) is 49.1 Å². The number of benzene rings is 1. The molecular weight excluding hydrogens is 453 g/mol. The fourth-order valence-corrected chi connectivity index (χ4v) is 5.29. The maximum atomic E-state index is 15.6. The lowest BCUT2D eigenvalue weighted by Crippen LogP contribution is -2.45. The van der Waals surface area contributed by atoms with Gasteiger partial charge < -0.3 is 0 Å². The van der Waals surface area contributed by atoms with Crippen LogP contribution in [0.4, 0.5) is 4.39 Å². The summed E-state index contributed by atoms with van der Waals surface area (Å²) in [7, 11) is -3.53. The van der Waals surface area contributed by atoms with Gasteiger partial charge in [-0.3, -0.25) is 9.36 Å². The molecule has 1 aromatic heterocycles. The third kappa shape index (κ3) is 5.80. The van der Waals surface area contributed by atoms with E-state index in [0.29, 0.717) is 35.2 Å². The summed E-state index contributed by atoms with van der Waals surface area (Å²) in [5, 5.41) is 0. The molecule has 1 N–H and O–H groups in total. The minimum Gasteiger partial charge on any atom is -0.296 e. The summed E-state index contributed by atoms with van der Waals surface area (Å²) >= 11 is 0. The molecule has 1 aliphatic carbocycles. The van der Waals surface area contributed by atoms with E-state index in [1.54, 1.807) is 53.4 Å². The number of hydrogen-bond donors (Lipinski definition) is 1. The van der Waals surface area contributed by atoms with E-state index in [2.05, 4.69) is 16.3 Å². The molecule has 8 heteroatoms. The molecule has 2 unspecified atom stereocenters. The molecule has 0 spiro atoms. The Kier molecular flexibility index (Phi) is 8.05. The standard InChI is InChI=1S/C26H32FN3O3S/c1-6-7-8-10-18(4)20-12-9-11-19(25(20)27)15-21-22(29-34(5,32)33)13-14-23-24(21)26(31)30(16-28-23)17(2)3/h6-12,16-17,21-22,29H,1,13-15H2,2-5H3/b8-7-,18-10+. The number of fused-ring (bicyclic) bond motifs is 1. The second-order valence-corrected chi connectivity index (χ2v) is 10.8. The van der Waals surface area contributed by atoms with Crippen LogP contribution in [0.5, 0.6) is 0 Å². The average Bonchev–Trinajstić information content (AvgIpc) is 2.75. The highest BCUT2D eigenvalue weighted by Crippen LogP contribution is 2.34. The van der Waals surface area contributed by atoms with Crippen LogP contribution in [-0.2, 0) is 22.9 Å². The molecule has 0 saturated carbocycles. The van der Waals surface area contributed by atoms with Crippen molar-refractivity contribution in [3.63, 3.8) is 0 Å². The van der Waals surface area contributed by atoms with Gasteiger partial charge in [0.2, 0.25) is 10.0 Å². The SMILES string of the molecule is C=C/C=C\C=C(/C)c1cccc(CC2c3c(ncn(C(C)C)c3=O)CCC2NS(C)(=O)=O)c1F. The molecule has 0 radical (unpaired) electrons. The number of nitrogens with zero attached hydrogens (tertiary/aromatic N) is 2. The summed E-state index contributed by atoms with van der Waals surface area (Å²) in [5.41, 5.74) is 2.55. The predicted octanol–water partition coefficient (Wildman–Crippen LogP) is 4.30. The largest absolute Gasteiger partial charge is 0.296 e. The van der Waals surface area contributed by atoms with Crippen LogP contribution in [-0.4, -0.2) is 30.3 Å². The summed E-state index contributed by atoms with van der Waals surface area (Å²) in [6.45, 7) is 9.23. The molecule has 0 fully saturated rings. The van der Waals surface area contributed by atoms with E-state index in [1.807, 2.05) is 20.8 Å². The summed E-state index contributed by atoms with van der Waals surface area (Å²) in [4.78, 5) is 17.9. The molecule has 0 aliphatic heterocycles. The van der Waals surface area contributed by atoms with Gasteiger partial charge in [-0.05, 0) is 51.2 Å². The number of allylic oxidation sites excluding steroid dienone is 5. The molecule has 2 aromatic rings. The monoisotopic (exact) mass is 485 g/mol. The highest BCUT2D eigenvalue weighted by atomic mass is 32.2. The van der Waals surface area contributed by atoms with E-state index >= 15 is 4.39 Å². The van der Waals surface area contributed by atoms with Crippen molar-refractivity contribution in [3.05, 3.63) is 94.0 Å². The Morgan fingerprint density at radius 1 is 1.35 bits per heavy atom. The van der Waals surface area contributed by atoms with Gasteiger partial charge in [0.1, 0.15) is 5.82 Å². The van der Waals surface area contributed by atoms with Crippen molar-refractivity contribution in [2.75, 3.05) is 6.26 Å². The maximum Gasteiger partial charge on any atom is 0.257 e. The fraction of sp³-hybridized carbons (Fsp3) is 0.385. The Morgan fingerprint density at radius 3 is 2.74 bits per heavy atom.